The number of rotatable bonds is 4. The predicted octanol–water partition coefficient (Wildman–Crippen LogP) is 1.49. The zero-order valence-electron chi connectivity index (χ0n) is 16.7. The summed E-state index contributed by atoms with van der Waals surface area (Å²) in [4.78, 5) is 1.94. The van der Waals surface area contributed by atoms with Crippen molar-refractivity contribution in [2.45, 2.75) is 44.4 Å². The lowest BCUT2D eigenvalue weighted by Crippen LogP contribution is -2.47. The molecule has 0 aromatic carbocycles. The third kappa shape index (κ3) is 3.72. The molecule has 0 bridgehead atoms. The van der Waals surface area contributed by atoms with E-state index >= 15 is 0 Å². The van der Waals surface area contributed by atoms with E-state index in [1.165, 1.54) is 0 Å². The molecule has 0 spiro atoms. The highest BCUT2D eigenvalue weighted by atomic mass is 32.2. The fraction of sp³-hybridized carbons (Fsp3) is 0.722. The van der Waals surface area contributed by atoms with Crippen molar-refractivity contribution < 1.29 is 8.42 Å². The fourth-order valence-electron chi connectivity index (χ4n) is 4.07. The molecule has 28 heavy (non-hydrogen) atoms. The first-order valence-corrected chi connectivity index (χ1v) is 11.5. The number of aromatic nitrogens is 4. The van der Waals surface area contributed by atoms with Crippen LogP contribution in [-0.4, -0.2) is 77.1 Å². The Hall–Kier alpha value is -1.78. The van der Waals surface area contributed by atoms with E-state index in [1.807, 2.05) is 31.1 Å². The van der Waals surface area contributed by atoms with Gasteiger partial charge in [-0.25, -0.2) is 0 Å². The first-order valence-electron chi connectivity index (χ1n) is 10.1. The van der Waals surface area contributed by atoms with Gasteiger partial charge in [-0.2, -0.15) is 21.5 Å². The minimum atomic E-state index is -3.36. The second-order valence-corrected chi connectivity index (χ2v) is 9.84. The van der Waals surface area contributed by atoms with Gasteiger partial charge >= 0.3 is 0 Å². The first kappa shape index (κ1) is 19.5. The van der Waals surface area contributed by atoms with E-state index in [2.05, 4.69) is 15.3 Å². The summed E-state index contributed by atoms with van der Waals surface area (Å²) in [6.07, 6.45) is 5.64. The quantitative estimate of drug-likeness (QED) is 0.763. The predicted molar refractivity (Wildman–Crippen MR) is 108 cm³/mol. The van der Waals surface area contributed by atoms with Crippen LogP contribution in [0.2, 0.25) is 0 Å². The molecule has 4 rings (SSSR count). The zero-order valence-corrected chi connectivity index (χ0v) is 17.5. The van der Waals surface area contributed by atoms with E-state index in [1.54, 1.807) is 13.1 Å². The number of nitrogens with zero attached hydrogens (tertiary/aromatic N) is 7. The molecule has 0 atom stereocenters. The Labute approximate surface area is 166 Å². The Kier molecular flexibility index (Phi) is 5.52. The lowest BCUT2D eigenvalue weighted by atomic mass is 9.97. The monoisotopic (exact) mass is 407 g/mol. The maximum Gasteiger partial charge on any atom is 0.281 e. The van der Waals surface area contributed by atoms with Crippen LogP contribution in [0, 0.1) is 0 Å². The van der Waals surface area contributed by atoms with Crippen molar-refractivity contribution in [3.63, 3.8) is 0 Å². The SMILES string of the molecule is CN(C)c1ccc2nnc(C3CCN(S(=O)(=O)N4CCCCCC4)CC3)n2n1. The largest absolute Gasteiger partial charge is 0.361 e. The molecule has 0 unspecified atom stereocenters. The summed E-state index contributed by atoms with van der Waals surface area (Å²) >= 11 is 0. The summed E-state index contributed by atoms with van der Waals surface area (Å²) in [5.41, 5.74) is 0.722. The molecule has 154 valence electrons. The summed E-state index contributed by atoms with van der Waals surface area (Å²) in [5.74, 6) is 1.83. The van der Waals surface area contributed by atoms with Gasteiger partial charge in [0.2, 0.25) is 0 Å². The van der Waals surface area contributed by atoms with Crippen LogP contribution >= 0.6 is 0 Å². The van der Waals surface area contributed by atoms with Crippen molar-refractivity contribution in [1.82, 2.24) is 28.4 Å². The topological polar surface area (TPSA) is 86.9 Å². The van der Waals surface area contributed by atoms with Crippen LogP contribution in [0.25, 0.3) is 5.65 Å². The highest BCUT2D eigenvalue weighted by molar-refractivity contribution is 7.86. The van der Waals surface area contributed by atoms with E-state index in [9.17, 15) is 8.42 Å². The van der Waals surface area contributed by atoms with Gasteiger partial charge in [0.25, 0.3) is 10.2 Å². The third-order valence-corrected chi connectivity index (χ3v) is 7.80. The van der Waals surface area contributed by atoms with Crippen molar-refractivity contribution in [1.29, 1.82) is 0 Å². The Morgan fingerprint density at radius 2 is 1.57 bits per heavy atom. The molecule has 0 saturated carbocycles. The summed E-state index contributed by atoms with van der Waals surface area (Å²) < 4.78 is 31.2. The maximum atomic E-state index is 13.0. The molecular weight excluding hydrogens is 378 g/mol. The number of piperidine rings is 1. The van der Waals surface area contributed by atoms with Crippen molar-refractivity contribution in [3.8, 4) is 0 Å². The third-order valence-electron chi connectivity index (χ3n) is 5.77. The van der Waals surface area contributed by atoms with Crippen LogP contribution in [0.4, 0.5) is 5.82 Å². The molecule has 2 aliphatic rings. The molecule has 10 heteroatoms. The Balaban J connectivity index is 1.48. The van der Waals surface area contributed by atoms with Crippen LogP contribution in [0.3, 0.4) is 0 Å². The van der Waals surface area contributed by atoms with Crippen LogP contribution in [-0.2, 0) is 10.2 Å². The summed E-state index contributed by atoms with van der Waals surface area (Å²) in [6.45, 7) is 2.33. The summed E-state index contributed by atoms with van der Waals surface area (Å²) in [7, 11) is 0.538. The Bertz CT molecular complexity index is 911. The molecule has 0 N–H and O–H groups in total. The van der Waals surface area contributed by atoms with E-state index < -0.39 is 10.2 Å². The number of hydrogen-bond donors (Lipinski definition) is 0. The average Bonchev–Trinajstić information content (AvgIpc) is 2.91. The van der Waals surface area contributed by atoms with Gasteiger partial charge in [0.05, 0.1) is 0 Å². The molecule has 2 aliphatic heterocycles. The standard InChI is InChI=1S/C18H29N7O2S/c1-22(2)17-8-7-16-19-20-18(25(16)21-17)15-9-13-24(14-10-15)28(26,27)23-11-5-3-4-6-12-23/h7-8,15H,3-6,9-14H2,1-2H3. The van der Waals surface area contributed by atoms with E-state index in [-0.39, 0.29) is 5.92 Å². The summed E-state index contributed by atoms with van der Waals surface area (Å²) in [6, 6.07) is 3.84. The molecule has 2 fully saturated rings. The molecular formula is C18H29N7O2S. The van der Waals surface area contributed by atoms with Crippen LogP contribution in [0.15, 0.2) is 12.1 Å². The molecule has 0 amide bonds. The van der Waals surface area contributed by atoms with Crippen molar-refractivity contribution in [2.24, 2.45) is 0 Å². The highest BCUT2D eigenvalue weighted by Crippen LogP contribution is 2.29. The highest BCUT2D eigenvalue weighted by Gasteiger charge is 2.34. The molecule has 9 nitrogen and oxygen atoms in total. The van der Waals surface area contributed by atoms with E-state index in [4.69, 9.17) is 0 Å². The van der Waals surface area contributed by atoms with Gasteiger partial charge in [0, 0.05) is 46.2 Å². The lowest BCUT2D eigenvalue weighted by Gasteiger charge is -2.34. The van der Waals surface area contributed by atoms with Crippen LogP contribution < -0.4 is 4.90 Å². The van der Waals surface area contributed by atoms with Gasteiger partial charge in [-0.3, -0.25) is 0 Å². The minimum Gasteiger partial charge on any atom is -0.361 e. The van der Waals surface area contributed by atoms with Gasteiger partial charge in [-0.15, -0.1) is 15.3 Å². The molecule has 4 heterocycles. The molecule has 2 aromatic heterocycles. The van der Waals surface area contributed by atoms with Crippen LogP contribution in [0.5, 0.6) is 0 Å². The van der Waals surface area contributed by atoms with Gasteiger partial charge < -0.3 is 4.90 Å². The van der Waals surface area contributed by atoms with Gasteiger partial charge in [-0.1, -0.05) is 12.8 Å². The van der Waals surface area contributed by atoms with Gasteiger partial charge in [0.1, 0.15) is 5.82 Å². The van der Waals surface area contributed by atoms with Crippen LogP contribution in [0.1, 0.15) is 50.3 Å². The van der Waals surface area contributed by atoms with Gasteiger partial charge in [0.15, 0.2) is 11.5 Å². The van der Waals surface area contributed by atoms with E-state index in [0.29, 0.717) is 26.2 Å². The Morgan fingerprint density at radius 1 is 0.929 bits per heavy atom. The normalized spacial score (nSPS) is 21.1. The smallest absolute Gasteiger partial charge is 0.281 e. The first-order chi connectivity index (χ1) is 13.5. The Morgan fingerprint density at radius 3 is 2.21 bits per heavy atom. The number of fused-ring (bicyclic) bond motifs is 1. The fourth-order valence-corrected chi connectivity index (χ4v) is 5.79. The second kappa shape index (κ2) is 7.92. The maximum absolute atomic E-state index is 13.0. The number of anilines is 1. The van der Waals surface area contributed by atoms with Crippen molar-refractivity contribution in [2.75, 3.05) is 45.2 Å². The molecule has 0 radical (unpaired) electrons. The van der Waals surface area contributed by atoms with Gasteiger partial charge in [-0.05, 0) is 37.8 Å². The second-order valence-electron chi connectivity index (χ2n) is 7.91. The lowest BCUT2D eigenvalue weighted by molar-refractivity contribution is 0.282. The molecule has 2 aromatic rings. The minimum absolute atomic E-state index is 0.162. The molecule has 2 saturated heterocycles. The summed E-state index contributed by atoms with van der Waals surface area (Å²) in [5, 5.41) is 13.2. The average molecular weight is 408 g/mol. The van der Waals surface area contributed by atoms with Crippen molar-refractivity contribution in [3.05, 3.63) is 18.0 Å². The number of hydrogen-bond acceptors (Lipinski definition) is 6. The zero-order chi connectivity index (χ0) is 19.7. The van der Waals surface area contributed by atoms with E-state index in [0.717, 1.165) is 55.8 Å². The molecule has 0 aliphatic carbocycles. The van der Waals surface area contributed by atoms with Crippen molar-refractivity contribution >= 4 is 21.7 Å².